The van der Waals surface area contributed by atoms with Gasteiger partial charge in [0.15, 0.2) is 0 Å². The van der Waals surface area contributed by atoms with Crippen molar-refractivity contribution in [1.82, 2.24) is 10.2 Å². The molecule has 2 saturated carbocycles. The molecule has 0 saturated heterocycles. The zero-order chi connectivity index (χ0) is 14.5. The monoisotopic (exact) mass is 280 g/mol. The predicted molar refractivity (Wildman–Crippen MR) is 88.0 cm³/mol. The number of nitrogens with zero attached hydrogens (tertiary/aromatic N) is 1. The lowest BCUT2D eigenvalue weighted by atomic mass is 9.75. The molecule has 2 nitrogen and oxygen atoms in total. The van der Waals surface area contributed by atoms with E-state index in [2.05, 4.69) is 37.9 Å². The summed E-state index contributed by atoms with van der Waals surface area (Å²) >= 11 is 0. The summed E-state index contributed by atoms with van der Waals surface area (Å²) in [5.41, 5.74) is 0. The summed E-state index contributed by atoms with van der Waals surface area (Å²) in [6.07, 6.45) is 8.30. The third kappa shape index (κ3) is 4.46. The molecule has 4 atom stereocenters. The molecule has 20 heavy (non-hydrogen) atoms. The molecule has 0 heterocycles. The molecule has 0 aromatic rings. The van der Waals surface area contributed by atoms with Crippen LogP contribution in [0.4, 0.5) is 0 Å². The van der Waals surface area contributed by atoms with Crippen molar-refractivity contribution in [3.8, 4) is 0 Å². The van der Waals surface area contributed by atoms with E-state index >= 15 is 0 Å². The number of hydrogen-bond donors (Lipinski definition) is 1. The third-order valence-electron chi connectivity index (χ3n) is 5.20. The fourth-order valence-corrected chi connectivity index (χ4v) is 4.27. The second-order valence-corrected chi connectivity index (χ2v) is 7.54. The molecule has 2 fully saturated rings. The van der Waals surface area contributed by atoms with Crippen molar-refractivity contribution in [2.45, 2.75) is 78.3 Å². The molecule has 0 aromatic heterocycles. The third-order valence-corrected chi connectivity index (χ3v) is 5.20. The van der Waals surface area contributed by atoms with Crippen LogP contribution in [0, 0.1) is 17.8 Å². The zero-order valence-corrected chi connectivity index (χ0v) is 14.2. The van der Waals surface area contributed by atoms with Gasteiger partial charge in [0, 0.05) is 18.6 Å². The maximum Gasteiger partial charge on any atom is 0.0275 e. The van der Waals surface area contributed by atoms with Crippen LogP contribution in [0.25, 0.3) is 0 Å². The number of rotatable bonds is 8. The summed E-state index contributed by atoms with van der Waals surface area (Å²) in [5.74, 6) is 2.75. The minimum atomic E-state index is 0.721. The minimum Gasteiger partial charge on any atom is -0.312 e. The Morgan fingerprint density at radius 2 is 1.80 bits per heavy atom. The highest BCUT2D eigenvalue weighted by atomic mass is 15.2. The molecule has 0 bridgehead atoms. The average Bonchev–Trinajstić information content (AvgIpc) is 3.19. The minimum absolute atomic E-state index is 0.721. The zero-order valence-electron chi connectivity index (χ0n) is 14.2. The predicted octanol–water partition coefficient (Wildman–Crippen LogP) is 3.91. The Kier molecular flexibility index (Phi) is 6.35. The molecule has 1 N–H and O–H groups in total. The van der Waals surface area contributed by atoms with E-state index in [0.29, 0.717) is 0 Å². The Labute approximate surface area is 126 Å². The van der Waals surface area contributed by atoms with E-state index in [1.807, 2.05) is 0 Å². The average molecular weight is 281 g/mol. The topological polar surface area (TPSA) is 15.3 Å². The Balaban J connectivity index is 2.03. The molecule has 2 aliphatic carbocycles. The van der Waals surface area contributed by atoms with Gasteiger partial charge in [0.05, 0.1) is 0 Å². The van der Waals surface area contributed by atoms with Crippen molar-refractivity contribution in [2.75, 3.05) is 19.6 Å². The summed E-state index contributed by atoms with van der Waals surface area (Å²) < 4.78 is 0. The Morgan fingerprint density at radius 1 is 1.05 bits per heavy atom. The molecular formula is C18H36N2. The van der Waals surface area contributed by atoms with Crippen molar-refractivity contribution in [3.05, 3.63) is 0 Å². The van der Waals surface area contributed by atoms with Crippen LogP contribution in [0.1, 0.15) is 66.2 Å². The van der Waals surface area contributed by atoms with Gasteiger partial charge in [0.25, 0.3) is 0 Å². The molecule has 0 aliphatic heterocycles. The van der Waals surface area contributed by atoms with Gasteiger partial charge in [0.1, 0.15) is 0 Å². The van der Waals surface area contributed by atoms with Crippen molar-refractivity contribution in [1.29, 1.82) is 0 Å². The Morgan fingerprint density at radius 3 is 2.40 bits per heavy atom. The molecule has 0 radical (unpaired) electrons. The number of nitrogens with one attached hydrogen (secondary N) is 1. The van der Waals surface area contributed by atoms with Gasteiger partial charge in [0.2, 0.25) is 0 Å². The van der Waals surface area contributed by atoms with Crippen LogP contribution in [0.5, 0.6) is 0 Å². The first-order valence-electron chi connectivity index (χ1n) is 9.13. The van der Waals surface area contributed by atoms with Crippen LogP contribution < -0.4 is 5.32 Å². The van der Waals surface area contributed by atoms with E-state index in [1.165, 1.54) is 58.2 Å². The van der Waals surface area contributed by atoms with Gasteiger partial charge >= 0.3 is 0 Å². The maximum absolute atomic E-state index is 3.87. The maximum atomic E-state index is 3.87. The SMILES string of the molecule is CCCNC1CC(C)CC(C)C1N(CCC)CC1CC1. The lowest BCUT2D eigenvalue weighted by Gasteiger charge is -2.46. The summed E-state index contributed by atoms with van der Waals surface area (Å²) in [7, 11) is 0. The lowest BCUT2D eigenvalue weighted by molar-refractivity contribution is 0.0576. The summed E-state index contributed by atoms with van der Waals surface area (Å²) in [5, 5.41) is 3.87. The van der Waals surface area contributed by atoms with E-state index in [0.717, 1.165) is 29.8 Å². The van der Waals surface area contributed by atoms with Crippen molar-refractivity contribution >= 4 is 0 Å². The Hall–Kier alpha value is -0.0800. The highest BCUT2D eigenvalue weighted by Gasteiger charge is 2.38. The molecular weight excluding hydrogens is 244 g/mol. The highest BCUT2D eigenvalue weighted by Crippen LogP contribution is 2.36. The quantitative estimate of drug-likeness (QED) is 0.725. The fraction of sp³-hybridized carbons (Fsp3) is 1.00. The van der Waals surface area contributed by atoms with Gasteiger partial charge in [-0.05, 0) is 69.4 Å². The van der Waals surface area contributed by atoms with Gasteiger partial charge < -0.3 is 5.32 Å². The fourth-order valence-electron chi connectivity index (χ4n) is 4.27. The summed E-state index contributed by atoms with van der Waals surface area (Å²) in [4.78, 5) is 2.85. The Bertz CT molecular complexity index is 275. The number of hydrogen-bond acceptors (Lipinski definition) is 2. The molecule has 0 aromatic carbocycles. The van der Waals surface area contributed by atoms with E-state index < -0.39 is 0 Å². The highest BCUT2D eigenvalue weighted by molar-refractivity contribution is 4.95. The molecule has 2 rings (SSSR count). The molecule has 2 aliphatic rings. The largest absolute Gasteiger partial charge is 0.312 e. The van der Waals surface area contributed by atoms with Crippen LogP contribution in [-0.4, -0.2) is 36.6 Å². The smallest absolute Gasteiger partial charge is 0.0275 e. The van der Waals surface area contributed by atoms with Crippen LogP contribution in [0.15, 0.2) is 0 Å². The van der Waals surface area contributed by atoms with E-state index in [-0.39, 0.29) is 0 Å². The molecule has 2 heteroatoms. The van der Waals surface area contributed by atoms with E-state index in [4.69, 9.17) is 0 Å². The van der Waals surface area contributed by atoms with Gasteiger partial charge in [-0.2, -0.15) is 0 Å². The first-order valence-corrected chi connectivity index (χ1v) is 9.13. The van der Waals surface area contributed by atoms with Crippen molar-refractivity contribution in [2.24, 2.45) is 17.8 Å². The molecule has 0 spiro atoms. The second-order valence-electron chi connectivity index (χ2n) is 7.54. The van der Waals surface area contributed by atoms with Crippen LogP contribution >= 0.6 is 0 Å². The standard InChI is InChI=1S/C18H36N2/c1-5-9-19-17-12-14(3)11-15(4)18(17)20(10-6-2)13-16-7-8-16/h14-19H,5-13H2,1-4H3. The van der Waals surface area contributed by atoms with Crippen molar-refractivity contribution in [3.63, 3.8) is 0 Å². The summed E-state index contributed by atoms with van der Waals surface area (Å²) in [6, 6.07) is 1.50. The van der Waals surface area contributed by atoms with Gasteiger partial charge in [-0.1, -0.05) is 27.7 Å². The molecule has 4 unspecified atom stereocenters. The molecule has 118 valence electrons. The van der Waals surface area contributed by atoms with Gasteiger partial charge in [-0.3, -0.25) is 4.90 Å². The van der Waals surface area contributed by atoms with Gasteiger partial charge in [-0.15, -0.1) is 0 Å². The summed E-state index contributed by atoms with van der Waals surface area (Å²) in [6.45, 7) is 13.4. The first kappa shape index (κ1) is 16.3. The van der Waals surface area contributed by atoms with Crippen LogP contribution in [-0.2, 0) is 0 Å². The van der Waals surface area contributed by atoms with Gasteiger partial charge in [-0.25, -0.2) is 0 Å². The lowest BCUT2D eigenvalue weighted by Crippen LogP contribution is -2.57. The van der Waals surface area contributed by atoms with Crippen molar-refractivity contribution < 1.29 is 0 Å². The van der Waals surface area contributed by atoms with Crippen LogP contribution in [0.2, 0.25) is 0 Å². The van der Waals surface area contributed by atoms with Crippen LogP contribution in [0.3, 0.4) is 0 Å². The normalized spacial score (nSPS) is 34.6. The van der Waals surface area contributed by atoms with E-state index in [9.17, 15) is 0 Å². The first-order chi connectivity index (χ1) is 9.65. The van der Waals surface area contributed by atoms with E-state index in [1.54, 1.807) is 0 Å². The second kappa shape index (κ2) is 7.79. The molecule has 0 amide bonds.